The van der Waals surface area contributed by atoms with E-state index in [9.17, 15) is 13.6 Å². The molecule has 0 fully saturated rings. The Morgan fingerprint density at radius 1 is 1.32 bits per heavy atom. The van der Waals surface area contributed by atoms with Gasteiger partial charge in [0.1, 0.15) is 16.8 Å². The van der Waals surface area contributed by atoms with E-state index in [1.807, 2.05) is 0 Å². The number of nitrogens with zero attached hydrogens (tertiary/aromatic N) is 1. The molecule has 0 unspecified atom stereocenters. The number of halogens is 3. The number of aromatic nitrogens is 1. The molecule has 3 nitrogen and oxygen atoms in total. The minimum atomic E-state index is -0.666. The largest absolute Gasteiger partial charge is 0.348 e. The van der Waals surface area contributed by atoms with E-state index < -0.39 is 17.5 Å². The van der Waals surface area contributed by atoms with Gasteiger partial charge in [-0.25, -0.2) is 13.8 Å². The molecular formula is C13H9ClF2N2O. The Hall–Kier alpha value is -2.01. The molecule has 1 heterocycles. The molecule has 1 N–H and O–H groups in total. The molecule has 19 heavy (non-hydrogen) atoms. The first-order valence-electron chi connectivity index (χ1n) is 5.40. The summed E-state index contributed by atoms with van der Waals surface area (Å²) in [6, 6.07) is 7.01. The molecule has 1 aromatic carbocycles. The standard InChI is InChI=1S/C13H9ClF2N2O/c14-12-10(5-9(15)7-17-12)13(19)18-6-8-3-1-2-4-11(8)16/h1-5,7H,6H2,(H,18,19). The summed E-state index contributed by atoms with van der Waals surface area (Å²) in [7, 11) is 0. The number of amides is 1. The van der Waals surface area contributed by atoms with E-state index in [1.54, 1.807) is 18.2 Å². The third-order valence-corrected chi connectivity index (χ3v) is 2.75. The summed E-state index contributed by atoms with van der Waals surface area (Å²) >= 11 is 5.69. The van der Waals surface area contributed by atoms with Crippen LogP contribution in [0.25, 0.3) is 0 Å². The Morgan fingerprint density at radius 2 is 2.05 bits per heavy atom. The van der Waals surface area contributed by atoms with Crippen molar-refractivity contribution < 1.29 is 13.6 Å². The first-order valence-corrected chi connectivity index (χ1v) is 5.78. The maximum atomic E-state index is 13.3. The van der Waals surface area contributed by atoms with Gasteiger partial charge < -0.3 is 5.32 Å². The molecule has 1 amide bonds. The van der Waals surface area contributed by atoms with E-state index in [0.29, 0.717) is 5.56 Å². The smallest absolute Gasteiger partial charge is 0.254 e. The van der Waals surface area contributed by atoms with Crippen molar-refractivity contribution in [2.75, 3.05) is 0 Å². The second-order valence-electron chi connectivity index (χ2n) is 3.77. The van der Waals surface area contributed by atoms with Gasteiger partial charge in [0.05, 0.1) is 11.8 Å². The van der Waals surface area contributed by atoms with Crippen LogP contribution in [0.4, 0.5) is 8.78 Å². The fourth-order valence-electron chi connectivity index (χ4n) is 1.49. The topological polar surface area (TPSA) is 42.0 Å². The van der Waals surface area contributed by atoms with Crippen LogP contribution in [-0.4, -0.2) is 10.9 Å². The lowest BCUT2D eigenvalue weighted by Crippen LogP contribution is -2.24. The maximum Gasteiger partial charge on any atom is 0.254 e. The van der Waals surface area contributed by atoms with Crippen molar-refractivity contribution in [3.05, 3.63) is 64.4 Å². The Balaban J connectivity index is 2.10. The van der Waals surface area contributed by atoms with Crippen LogP contribution in [0.2, 0.25) is 5.15 Å². The molecule has 0 aliphatic heterocycles. The van der Waals surface area contributed by atoms with E-state index in [0.717, 1.165) is 12.3 Å². The Labute approximate surface area is 113 Å². The number of carbonyl (C=O) groups is 1. The molecule has 0 aliphatic rings. The number of rotatable bonds is 3. The van der Waals surface area contributed by atoms with E-state index >= 15 is 0 Å². The normalized spacial score (nSPS) is 10.3. The molecule has 2 aromatic rings. The average Bonchev–Trinajstić information content (AvgIpc) is 2.40. The van der Waals surface area contributed by atoms with Crippen molar-refractivity contribution in [1.82, 2.24) is 10.3 Å². The second-order valence-corrected chi connectivity index (χ2v) is 4.12. The van der Waals surface area contributed by atoms with Gasteiger partial charge in [0.25, 0.3) is 5.91 Å². The van der Waals surface area contributed by atoms with Gasteiger partial charge >= 0.3 is 0 Å². The lowest BCUT2D eigenvalue weighted by molar-refractivity contribution is 0.0950. The highest BCUT2D eigenvalue weighted by atomic mass is 35.5. The molecule has 0 aliphatic carbocycles. The SMILES string of the molecule is O=C(NCc1ccccc1F)c1cc(F)cnc1Cl. The zero-order chi connectivity index (χ0) is 13.8. The molecule has 2 rings (SSSR count). The van der Waals surface area contributed by atoms with Crippen LogP contribution >= 0.6 is 11.6 Å². The molecule has 98 valence electrons. The van der Waals surface area contributed by atoms with Crippen LogP contribution in [0, 0.1) is 11.6 Å². The summed E-state index contributed by atoms with van der Waals surface area (Å²) in [5.41, 5.74) is 0.245. The predicted molar refractivity (Wildman–Crippen MR) is 66.8 cm³/mol. The molecule has 1 aromatic heterocycles. The summed E-state index contributed by atoms with van der Waals surface area (Å²) in [5.74, 6) is -1.70. The highest BCUT2D eigenvalue weighted by Crippen LogP contribution is 2.14. The molecule has 0 atom stereocenters. The monoisotopic (exact) mass is 282 g/mol. The number of pyridine rings is 1. The number of hydrogen-bond donors (Lipinski definition) is 1. The van der Waals surface area contributed by atoms with Crippen LogP contribution in [0.3, 0.4) is 0 Å². The van der Waals surface area contributed by atoms with Gasteiger partial charge in [0.2, 0.25) is 0 Å². The van der Waals surface area contributed by atoms with Crippen LogP contribution in [0.1, 0.15) is 15.9 Å². The maximum absolute atomic E-state index is 13.3. The highest BCUT2D eigenvalue weighted by molar-refractivity contribution is 6.32. The van der Waals surface area contributed by atoms with Crippen LogP contribution in [0.15, 0.2) is 36.5 Å². The number of benzene rings is 1. The van der Waals surface area contributed by atoms with E-state index in [-0.39, 0.29) is 17.3 Å². The van der Waals surface area contributed by atoms with Crippen molar-refractivity contribution in [3.8, 4) is 0 Å². The van der Waals surface area contributed by atoms with Crippen molar-refractivity contribution in [2.45, 2.75) is 6.54 Å². The molecule has 0 spiro atoms. The molecule has 6 heteroatoms. The third-order valence-electron chi connectivity index (χ3n) is 2.45. The number of nitrogens with one attached hydrogen (secondary N) is 1. The van der Waals surface area contributed by atoms with Crippen LogP contribution in [-0.2, 0) is 6.54 Å². The minimum Gasteiger partial charge on any atom is -0.348 e. The molecule has 0 saturated heterocycles. The summed E-state index contributed by atoms with van der Waals surface area (Å²) in [5, 5.41) is 2.35. The minimum absolute atomic E-state index is 0.0155. The molecule has 0 radical (unpaired) electrons. The van der Waals surface area contributed by atoms with Crippen molar-refractivity contribution >= 4 is 17.5 Å². The fourth-order valence-corrected chi connectivity index (χ4v) is 1.68. The number of hydrogen-bond acceptors (Lipinski definition) is 2. The van der Waals surface area contributed by atoms with Crippen LogP contribution in [0.5, 0.6) is 0 Å². The summed E-state index contributed by atoms with van der Waals surface area (Å²) in [6.07, 6.45) is 0.913. The lowest BCUT2D eigenvalue weighted by atomic mass is 10.2. The van der Waals surface area contributed by atoms with Gasteiger partial charge in [-0.3, -0.25) is 4.79 Å². The Kier molecular flexibility index (Phi) is 4.06. The summed E-state index contributed by atoms with van der Waals surface area (Å²) in [6.45, 7) is -0.0155. The van der Waals surface area contributed by atoms with Gasteiger partial charge in [-0.1, -0.05) is 29.8 Å². The van der Waals surface area contributed by atoms with Gasteiger partial charge in [-0.2, -0.15) is 0 Å². The van der Waals surface area contributed by atoms with Gasteiger partial charge in [-0.05, 0) is 12.1 Å². The van der Waals surface area contributed by atoms with E-state index in [2.05, 4.69) is 10.3 Å². The lowest BCUT2D eigenvalue weighted by Gasteiger charge is -2.07. The highest BCUT2D eigenvalue weighted by Gasteiger charge is 2.13. The first kappa shape index (κ1) is 13.4. The zero-order valence-electron chi connectivity index (χ0n) is 9.66. The summed E-state index contributed by atoms with van der Waals surface area (Å²) < 4.78 is 26.3. The third kappa shape index (κ3) is 3.26. The number of carbonyl (C=O) groups excluding carboxylic acids is 1. The van der Waals surface area contributed by atoms with E-state index in [1.165, 1.54) is 6.07 Å². The second kappa shape index (κ2) is 5.75. The summed E-state index contributed by atoms with van der Waals surface area (Å²) in [4.78, 5) is 15.3. The van der Waals surface area contributed by atoms with E-state index in [4.69, 9.17) is 11.6 Å². The molecule has 0 bridgehead atoms. The molecular weight excluding hydrogens is 274 g/mol. The van der Waals surface area contributed by atoms with Crippen molar-refractivity contribution in [3.63, 3.8) is 0 Å². The predicted octanol–water partition coefficient (Wildman–Crippen LogP) is 2.94. The Bertz CT molecular complexity index is 619. The molecule has 0 saturated carbocycles. The van der Waals surface area contributed by atoms with Crippen molar-refractivity contribution in [2.24, 2.45) is 0 Å². The van der Waals surface area contributed by atoms with Gasteiger partial charge in [0.15, 0.2) is 0 Å². The first-order chi connectivity index (χ1) is 9.08. The zero-order valence-corrected chi connectivity index (χ0v) is 10.4. The van der Waals surface area contributed by atoms with Gasteiger partial charge in [-0.15, -0.1) is 0 Å². The fraction of sp³-hybridized carbons (Fsp3) is 0.0769. The van der Waals surface area contributed by atoms with Gasteiger partial charge in [0, 0.05) is 12.1 Å². The van der Waals surface area contributed by atoms with Crippen molar-refractivity contribution in [1.29, 1.82) is 0 Å². The van der Waals surface area contributed by atoms with Crippen LogP contribution < -0.4 is 5.32 Å². The average molecular weight is 283 g/mol. The quantitative estimate of drug-likeness (QED) is 0.880. The Morgan fingerprint density at radius 3 is 2.79 bits per heavy atom.